The van der Waals surface area contributed by atoms with E-state index in [0.717, 1.165) is 12.0 Å². The third kappa shape index (κ3) is 4.03. The zero-order valence-electron chi connectivity index (χ0n) is 11.9. The normalized spacial score (nSPS) is 21.7. The van der Waals surface area contributed by atoms with Crippen LogP contribution in [-0.2, 0) is 6.54 Å². The molecular formula is C14H21N3O2S. The average Bonchev–Trinajstić information content (AvgIpc) is 2.85. The lowest BCUT2D eigenvalue weighted by atomic mass is 10.1. The molecule has 2 amide bonds. The highest BCUT2D eigenvalue weighted by atomic mass is 32.2. The molecule has 5 nitrogen and oxygen atoms in total. The van der Waals surface area contributed by atoms with Crippen LogP contribution in [0.4, 0.5) is 4.79 Å². The number of H-pyrrole nitrogens is 1. The van der Waals surface area contributed by atoms with Gasteiger partial charge in [-0.05, 0) is 44.1 Å². The molecule has 2 rings (SSSR count). The van der Waals surface area contributed by atoms with Crippen molar-refractivity contribution in [3.8, 4) is 0 Å². The van der Waals surface area contributed by atoms with Crippen LogP contribution in [0.3, 0.4) is 0 Å². The van der Waals surface area contributed by atoms with Crippen LogP contribution >= 0.6 is 11.8 Å². The largest absolute Gasteiger partial charge is 0.337 e. The molecule has 1 fully saturated rings. The maximum atomic E-state index is 11.8. The molecule has 1 aromatic heterocycles. The van der Waals surface area contributed by atoms with Gasteiger partial charge >= 0.3 is 6.03 Å². The summed E-state index contributed by atoms with van der Waals surface area (Å²) >= 11 is 1.91. The van der Waals surface area contributed by atoms with Crippen molar-refractivity contribution in [1.29, 1.82) is 0 Å². The van der Waals surface area contributed by atoms with E-state index in [1.807, 2.05) is 18.7 Å². The van der Waals surface area contributed by atoms with Crippen LogP contribution in [0.2, 0.25) is 0 Å². The summed E-state index contributed by atoms with van der Waals surface area (Å²) in [7, 11) is 0. The molecule has 1 aromatic rings. The molecule has 1 saturated heterocycles. The highest BCUT2D eigenvalue weighted by molar-refractivity contribution is 8.00. The van der Waals surface area contributed by atoms with Gasteiger partial charge in [-0.25, -0.2) is 4.79 Å². The monoisotopic (exact) mass is 295 g/mol. The maximum absolute atomic E-state index is 11.8. The Morgan fingerprint density at radius 2 is 2.30 bits per heavy atom. The van der Waals surface area contributed by atoms with Gasteiger partial charge in [0.15, 0.2) is 0 Å². The molecule has 3 N–H and O–H groups in total. The number of nitrogens with one attached hydrogen (secondary N) is 3. The predicted octanol–water partition coefficient (Wildman–Crippen LogP) is 1.77. The molecule has 110 valence electrons. The lowest BCUT2D eigenvalue weighted by molar-refractivity contribution is 0.239. The fourth-order valence-electron chi connectivity index (χ4n) is 2.27. The lowest BCUT2D eigenvalue weighted by Crippen LogP contribution is -2.42. The van der Waals surface area contributed by atoms with Gasteiger partial charge in [-0.15, -0.1) is 0 Å². The van der Waals surface area contributed by atoms with Crippen LogP contribution in [0, 0.1) is 6.92 Å². The predicted molar refractivity (Wildman–Crippen MR) is 82.1 cm³/mol. The molecule has 20 heavy (non-hydrogen) atoms. The molecular weight excluding hydrogens is 274 g/mol. The molecule has 1 aliphatic rings. The highest BCUT2D eigenvalue weighted by Crippen LogP contribution is 2.36. The van der Waals surface area contributed by atoms with Crippen LogP contribution in [0.25, 0.3) is 0 Å². The first-order chi connectivity index (χ1) is 9.48. The summed E-state index contributed by atoms with van der Waals surface area (Å²) in [5, 5.41) is 5.62. The molecule has 2 heterocycles. The number of carbonyl (C=O) groups excluding carboxylic acids is 1. The van der Waals surface area contributed by atoms with Crippen LogP contribution < -0.4 is 16.2 Å². The van der Waals surface area contributed by atoms with Gasteiger partial charge in [-0.2, -0.15) is 11.8 Å². The zero-order valence-corrected chi connectivity index (χ0v) is 12.7. The first-order valence-electron chi connectivity index (χ1n) is 6.82. The third-order valence-corrected chi connectivity index (χ3v) is 5.03. The number of hydrogen-bond acceptors (Lipinski definition) is 3. The standard InChI is InChI=1S/C14H21N3O2S/c1-10-6-11(12(18)15-7-10)8-16-13(19)17-9-14(2)4-3-5-20-14/h6-7H,3-5,8-9H2,1-2H3,(H,15,18)(H2,16,17,19). The Labute approximate surface area is 122 Å². The van der Waals surface area contributed by atoms with Crippen LogP contribution in [0.15, 0.2) is 17.1 Å². The number of amides is 2. The summed E-state index contributed by atoms with van der Waals surface area (Å²) in [5.74, 6) is 1.17. The minimum atomic E-state index is -0.223. The molecule has 1 aliphatic heterocycles. The summed E-state index contributed by atoms with van der Waals surface area (Å²) in [6, 6.07) is 1.56. The minimum Gasteiger partial charge on any atom is -0.337 e. The molecule has 6 heteroatoms. The van der Waals surface area contributed by atoms with E-state index >= 15 is 0 Å². The Morgan fingerprint density at radius 3 is 3.00 bits per heavy atom. The first-order valence-corrected chi connectivity index (χ1v) is 7.81. The Morgan fingerprint density at radius 1 is 1.50 bits per heavy atom. The van der Waals surface area contributed by atoms with Crippen molar-refractivity contribution in [1.82, 2.24) is 15.6 Å². The summed E-state index contributed by atoms with van der Waals surface area (Å²) in [6.45, 7) is 4.98. The molecule has 0 aromatic carbocycles. The number of aromatic nitrogens is 1. The number of hydrogen-bond donors (Lipinski definition) is 3. The third-order valence-electron chi connectivity index (χ3n) is 3.49. The van der Waals surface area contributed by atoms with Crippen molar-refractivity contribution >= 4 is 17.8 Å². The number of pyridine rings is 1. The number of aromatic amines is 1. The number of rotatable bonds is 4. The maximum Gasteiger partial charge on any atom is 0.315 e. The van der Waals surface area contributed by atoms with Gasteiger partial charge in [-0.1, -0.05) is 0 Å². The Bertz CT molecular complexity index is 535. The zero-order chi connectivity index (χ0) is 14.6. The van der Waals surface area contributed by atoms with E-state index in [1.54, 1.807) is 12.3 Å². The summed E-state index contributed by atoms with van der Waals surface area (Å²) in [6.07, 6.45) is 4.00. The van der Waals surface area contributed by atoms with E-state index in [1.165, 1.54) is 12.2 Å². The van der Waals surface area contributed by atoms with Gasteiger partial charge in [0.1, 0.15) is 0 Å². The van der Waals surface area contributed by atoms with Gasteiger partial charge in [0.05, 0.1) is 0 Å². The van der Waals surface area contributed by atoms with Crippen molar-refractivity contribution in [3.05, 3.63) is 33.7 Å². The molecule has 1 unspecified atom stereocenters. The lowest BCUT2D eigenvalue weighted by Gasteiger charge is -2.22. The number of carbonyl (C=O) groups is 1. The Hall–Kier alpha value is -1.43. The summed E-state index contributed by atoms with van der Waals surface area (Å²) in [5.41, 5.74) is 1.38. The molecule has 0 spiro atoms. The molecule has 1 atom stereocenters. The minimum absolute atomic E-state index is 0.151. The fraction of sp³-hybridized carbons (Fsp3) is 0.571. The van der Waals surface area contributed by atoms with E-state index in [-0.39, 0.29) is 22.9 Å². The van der Waals surface area contributed by atoms with Crippen LogP contribution in [-0.4, -0.2) is 28.1 Å². The smallest absolute Gasteiger partial charge is 0.315 e. The van der Waals surface area contributed by atoms with E-state index < -0.39 is 0 Å². The number of urea groups is 1. The second-order valence-electron chi connectivity index (χ2n) is 5.47. The van der Waals surface area contributed by atoms with Crippen molar-refractivity contribution in [2.75, 3.05) is 12.3 Å². The second kappa shape index (κ2) is 6.35. The van der Waals surface area contributed by atoms with E-state index in [4.69, 9.17) is 0 Å². The quantitative estimate of drug-likeness (QED) is 0.792. The van der Waals surface area contributed by atoms with Gasteiger partial charge in [0, 0.05) is 29.6 Å². The van der Waals surface area contributed by atoms with E-state index in [9.17, 15) is 9.59 Å². The molecule has 0 radical (unpaired) electrons. The topological polar surface area (TPSA) is 74.0 Å². The van der Waals surface area contributed by atoms with Gasteiger partial charge < -0.3 is 15.6 Å². The number of aryl methyl sites for hydroxylation is 1. The summed E-state index contributed by atoms with van der Waals surface area (Å²) < 4.78 is 0.151. The fourth-order valence-corrected chi connectivity index (χ4v) is 3.51. The van der Waals surface area contributed by atoms with Crippen LogP contribution in [0.5, 0.6) is 0 Å². The van der Waals surface area contributed by atoms with Crippen molar-refractivity contribution in [2.24, 2.45) is 0 Å². The van der Waals surface area contributed by atoms with Gasteiger partial charge in [-0.3, -0.25) is 4.79 Å². The Balaban J connectivity index is 1.80. The molecule has 0 saturated carbocycles. The van der Waals surface area contributed by atoms with Crippen molar-refractivity contribution in [3.63, 3.8) is 0 Å². The SMILES string of the molecule is Cc1c[nH]c(=O)c(CNC(=O)NCC2(C)CCCS2)c1. The molecule has 0 aliphatic carbocycles. The van der Waals surface area contributed by atoms with Crippen LogP contribution in [0.1, 0.15) is 30.9 Å². The second-order valence-corrected chi connectivity index (χ2v) is 7.15. The first kappa shape index (κ1) is 15.0. The van der Waals surface area contributed by atoms with E-state index in [0.29, 0.717) is 12.1 Å². The average molecular weight is 295 g/mol. The number of thioether (sulfide) groups is 1. The highest BCUT2D eigenvalue weighted by Gasteiger charge is 2.29. The van der Waals surface area contributed by atoms with E-state index in [2.05, 4.69) is 22.5 Å². The van der Waals surface area contributed by atoms with Gasteiger partial charge in [0.25, 0.3) is 5.56 Å². The van der Waals surface area contributed by atoms with Crippen molar-refractivity contribution in [2.45, 2.75) is 38.0 Å². The Kier molecular flexibility index (Phi) is 4.75. The van der Waals surface area contributed by atoms with Crippen molar-refractivity contribution < 1.29 is 4.79 Å². The molecule has 0 bridgehead atoms. The summed E-state index contributed by atoms with van der Waals surface area (Å²) in [4.78, 5) is 26.0. The van der Waals surface area contributed by atoms with Gasteiger partial charge in [0.2, 0.25) is 0 Å².